The fourth-order valence-corrected chi connectivity index (χ4v) is 1.05. The Hall–Kier alpha value is -1.38. The van der Waals surface area contributed by atoms with Gasteiger partial charge in [0.1, 0.15) is 5.92 Å². The van der Waals surface area contributed by atoms with E-state index in [9.17, 15) is 4.79 Å². The zero-order valence-electron chi connectivity index (χ0n) is 5.24. The van der Waals surface area contributed by atoms with E-state index in [1.165, 1.54) is 0 Å². The molecule has 2 rings (SSSR count). The van der Waals surface area contributed by atoms with Gasteiger partial charge in [-0.25, -0.2) is 0 Å². The minimum atomic E-state index is -0.134. The number of fused-ring (bicyclic) bond motifs is 1. The van der Waals surface area contributed by atoms with Gasteiger partial charge in [0.15, 0.2) is 5.78 Å². The van der Waals surface area contributed by atoms with Crippen molar-refractivity contribution in [1.29, 1.82) is 0 Å². The zero-order chi connectivity index (χ0) is 6.97. The first-order chi connectivity index (χ1) is 4.88. The number of hydrogen-bond acceptors (Lipinski definition) is 3. The van der Waals surface area contributed by atoms with Crippen molar-refractivity contribution in [2.75, 3.05) is 0 Å². The molecule has 0 saturated carbocycles. The number of ketones is 1. The summed E-state index contributed by atoms with van der Waals surface area (Å²) in [6, 6.07) is 0. The molecule has 0 radical (unpaired) electrons. The lowest BCUT2D eigenvalue weighted by atomic mass is 9.98. The van der Waals surface area contributed by atoms with Crippen molar-refractivity contribution in [3.63, 3.8) is 0 Å². The van der Waals surface area contributed by atoms with Crippen LogP contribution in [0.1, 0.15) is 0 Å². The number of carbonyl (C=O) groups excluding carboxylic acids is 1. The van der Waals surface area contributed by atoms with Gasteiger partial charge < -0.3 is 0 Å². The second kappa shape index (κ2) is 1.80. The van der Waals surface area contributed by atoms with E-state index >= 15 is 0 Å². The lowest BCUT2D eigenvalue weighted by molar-refractivity contribution is -0.115. The van der Waals surface area contributed by atoms with Crippen LogP contribution in [0, 0.1) is 5.92 Å². The lowest BCUT2D eigenvalue weighted by Gasteiger charge is -2.07. The molecule has 0 saturated heterocycles. The molecular formula is C7H6N2O. The molecule has 0 spiro atoms. The summed E-state index contributed by atoms with van der Waals surface area (Å²) in [6.07, 6.45) is 6.78. The van der Waals surface area contributed by atoms with Gasteiger partial charge in [0, 0.05) is 11.9 Å². The normalized spacial score (nSPS) is 27.8. The molecule has 1 atom stereocenters. The maximum atomic E-state index is 11.0. The molecule has 0 bridgehead atoms. The highest BCUT2D eigenvalue weighted by molar-refractivity contribution is 6.06. The number of nitrogens with zero attached hydrogens (tertiary/aromatic N) is 1. The summed E-state index contributed by atoms with van der Waals surface area (Å²) in [4.78, 5) is 11.0. The first-order valence-electron chi connectivity index (χ1n) is 3.09. The van der Waals surface area contributed by atoms with Crippen molar-refractivity contribution in [2.24, 2.45) is 11.0 Å². The second-order valence-corrected chi connectivity index (χ2v) is 2.25. The number of allylic oxidation sites excluding steroid dienone is 4. The van der Waals surface area contributed by atoms with Gasteiger partial charge in [0.05, 0.1) is 0 Å². The highest BCUT2D eigenvalue weighted by Crippen LogP contribution is 2.16. The van der Waals surface area contributed by atoms with E-state index in [0.29, 0.717) is 0 Å². The second-order valence-electron chi connectivity index (χ2n) is 2.25. The Morgan fingerprint density at radius 1 is 1.60 bits per heavy atom. The van der Waals surface area contributed by atoms with Gasteiger partial charge in [0.2, 0.25) is 0 Å². The van der Waals surface area contributed by atoms with E-state index in [1.807, 2.05) is 6.08 Å². The van der Waals surface area contributed by atoms with Crippen LogP contribution in [0.25, 0.3) is 0 Å². The molecule has 0 aromatic carbocycles. The Kier molecular flexibility index (Phi) is 0.974. The van der Waals surface area contributed by atoms with Crippen molar-refractivity contribution in [3.8, 4) is 0 Å². The molecule has 3 nitrogen and oxygen atoms in total. The quantitative estimate of drug-likeness (QED) is 0.514. The molecule has 1 heterocycles. The van der Waals surface area contributed by atoms with E-state index < -0.39 is 0 Å². The summed E-state index contributed by atoms with van der Waals surface area (Å²) in [5, 5.41) is 3.77. The highest BCUT2D eigenvalue weighted by atomic mass is 16.1. The summed E-state index contributed by atoms with van der Waals surface area (Å²) in [5.41, 5.74) is 3.63. The third-order valence-corrected chi connectivity index (χ3v) is 1.60. The van der Waals surface area contributed by atoms with Crippen LogP contribution in [0.15, 0.2) is 29.0 Å². The lowest BCUT2D eigenvalue weighted by Crippen LogP contribution is -2.18. The molecule has 0 aromatic heterocycles. The van der Waals surface area contributed by atoms with Crippen molar-refractivity contribution in [2.45, 2.75) is 0 Å². The number of hydrazone groups is 1. The Labute approximate surface area is 58.1 Å². The van der Waals surface area contributed by atoms with Crippen molar-refractivity contribution in [1.82, 2.24) is 5.43 Å². The van der Waals surface area contributed by atoms with E-state index in [4.69, 9.17) is 0 Å². The molecule has 1 N–H and O–H groups in total. The summed E-state index contributed by atoms with van der Waals surface area (Å²) < 4.78 is 0. The van der Waals surface area contributed by atoms with Gasteiger partial charge in [-0.3, -0.25) is 10.2 Å². The molecule has 1 aliphatic carbocycles. The average molecular weight is 134 g/mol. The number of rotatable bonds is 0. The minimum Gasteiger partial charge on any atom is -0.294 e. The van der Waals surface area contributed by atoms with Gasteiger partial charge >= 0.3 is 0 Å². The molecule has 0 fully saturated rings. The van der Waals surface area contributed by atoms with Crippen LogP contribution >= 0.6 is 0 Å². The smallest absolute Gasteiger partial charge is 0.170 e. The van der Waals surface area contributed by atoms with Crippen LogP contribution in [0.4, 0.5) is 0 Å². The zero-order valence-corrected chi connectivity index (χ0v) is 5.24. The van der Waals surface area contributed by atoms with E-state index in [0.717, 1.165) is 5.70 Å². The van der Waals surface area contributed by atoms with Crippen LogP contribution in [0.2, 0.25) is 0 Å². The molecule has 2 aliphatic rings. The molecule has 1 unspecified atom stereocenters. The SMILES string of the molecule is O=C1C=CC=C2NN=CC12. The van der Waals surface area contributed by atoms with Gasteiger partial charge in [-0.1, -0.05) is 6.08 Å². The summed E-state index contributed by atoms with van der Waals surface area (Å²) >= 11 is 0. The van der Waals surface area contributed by atoms with Crippen LogP contribution in [0.5, 0.6) is 0 Å². The van der Waals surface area contributed by atoms with Gasteiger partial charge in [-0.15, -0.1) is 0 Å². The first kappa shape index (κ1) is 5.41. The van der Waals surface area contributed by atoms with Gasteiger partial charge in [-0.2, -0.15) is 5.10 Å². The molecule has 10 heavy (non-hydrogen) atoms. The number of carbonyl (C=O) groups is 1. The minimum absolute atomic E-state index is 0.103. The summed E-state index contributed by atoms with van der Waals surface area (Å²) in [6.45, 7) is 0. The molecule has 1 aliphatic heterocycles. The van der Waals surface area contributed by atoms with E-state index in [2.05, 4.69) is 10.5 Å². The third kappa shape index (κ3) is 0.603. The first-order valence-corrected chi connectivity index (χ1v) is 3.09. The highest BCUT2D eigenvalue weighted by Gasteiger charge is 2.24. The van der Waals surface area contributed by atoms with Crippen molar-refractivity contribution >= 4 is 12.0 Å². The number of nitrogens with one attached hydrogen (secondary N) is 1. The van der Waals surface area contributed by atoms with Gasteiger partial charge in [-0.05, 0) is 12.2 Å². The predicted molar refractivity (Wildman–Crippen MR) is 37.3 cm³/mol. The van der Waals surface area contributed by atoms with Crippen LogP contribution in [-0.4, -0.2) is 12.0 Å². The van der Waals surface area contributed by atoms with Crippen molar-refractivity contribution in [3.05, 3.63) is 23.9 Å². The third-order valence-electron chi connectivity index (χ3n) is 1.60. The monoisotopic (exact) mass is 134 g/mol. The summed E-state index contributed by atoms with van der Waals surface area (Å²) in [7, 11) is 0. The summed E-state index contributed by atoms with van der Waals surface area (Å²) in [5.74, 6) is -0.0312. The average Bonchev–Trinajstić information content (AvgIpc) is 2.36. The van der Waals surface area contributed by atoms with E-state index in [-0.39, 0.29) is 11.7 Å². The number of hydrogen-bond donors (Lipinski definition) is 1. The molecule has 0 amide bonds. The Balaban J connectivity index is 2.40. The predicted octanol–water partition coefficient (Wildman–Crippen LogP) is 0.214. The standard InChI is InChI=1S/C7H6N2O/c10-7-3-1-2-6-5(7)4-8-9-6/h1-5,9H. The topological polar surface area (TPSA) is 41.5 Å². The molecule has 3 heteroatoms. The Morgan fingerprint density at radius 2 is 2.50 bits per heavy atom. The fourth-order valence-electron chi connectivity index (χ4n) is 1.05. The van der Waals surface area contributed by atoms with Crippen molar-refractivity contribution < 1.29 is 4.79 Å². The van der Waals surface area contributed by atoms with Gasteiger partial charge in [0.25, 0.3) is 0 Å². The Morgan fingerprint density at radius 3 is 3.30 bits per heavy atom. The Bertz CT molecular complexity index is 263. The maximum Gasteiger partial charge on any atom is 0.170 e. The fraction of sp³-hybridized carbons (Fsp3) is 0.143. The molecule has 50 valence electrons. The van der Waals surface area contributed by atoms with E-state index in [1.54, 1.807) is 18.4 Å². The van der Waals surface area contributed by atoms with Crippen LogP contribution in [-0.2, 0) is 4.79 Å². The molecule has 0 aromatic rings. The maximum absolute atomic E-state index is 11.0. The largest absolute Gasteiger partial charge is 0.294 e. The molecular weight excluding hydrogens is 128 g/mol. The van der Waals surface area contributed by atoms with Crippen LogP contribution < -0.4 is 5.43 Å². The van der Waals surface area contributed by atoms with Crippen LogP contribution in [0.3, 0.4) is 0 Å².